The van der Waals surface area contributed by atoms with E-state index < -0.39 is 15.8 Å². The highest BCUT2D eigenvalue weighted by Crippen LogP contribution is 2.25. The van der Waals surface area contributed by atoms with Gasteiger partial charge in [0.05, 0.1) is 24.8 Å². The molecule has 0 spiro atoms. The average Bonchev–Trinajstić information content (AvgIpc) is 2.97. The van der Waals surface area contributed by atoms with Crippen LogP contribution in [-0.4, -0.2) is 43.5 Å². The fourth-order valence-corrected chi connectivity index (χ4v) is 4.30. The lowest BCUT2D eigenvalue weighted by molar-refractivity contribution is 0.103. The highest BCUT2D eigenvalue weighted by Gasteiger charge is 2.19. The van der Waals surface area contributed by atoms with Gasteiger partial charge in [-0.05, 0) is 24.3 Å². The number of azo groups is 1. The molecule has 12 heteroatoms. The number of aliphatic hydroxyl groups excluding tert-OH is 1. The molecule has 0 aliphatic heterocycles. The molecular formula is C27H23N5O6S. The van der Waals surface area contributed by atoms with E-state index in [0.29, 0.717) is 11.1 Å². The molecule has 2 N–H and O–H groups in total. The molecule has 0 aliphatic rings. The first-order valence-corrected chi connectivity index (χ1v) is 12.9. The van der Waals surface area contributed by atoms with E-state index in [0.717, 1.165) is 0 Å². The number of Topliss-reactive ketones (excluding diaryl/α,β-unsaturated/α-hetero) is 1. The van der Waals surface area contributed by atoms with Crippen molar-refractivity contribution in [2.24, 2.45) is 10.2 Å². The third-order valence-electron chi connectivity index (χ3n) is 5.25. The number of hydrogen-bond acceptors (Lipinski definition) is 10. The highest BCUT2D eigenvalue weighted by atomic mass is 32.2. The summed E-state index contributed by atoms with van der Waals surface area (Å²) in [7, 11) is -1.32. The van der Waals surface area contributed by atoms with Crippen LogP contribution in [0.1, 0.15) is 15.9 Å². The van der Waals surface area contributed by atoms with E-state index in [4.69, 9.17) is 9.47 Å². The molecule has 0 fully saturated rings. The lowest BCUT2D eigenvalue weighted by Crippen LogP contribution is -2.14. The van der Waals surface area contributed by atoms with Crippen LogP contribution in [0.2, 0.25) is 0 Å². The molecule has 0 amide bonds. The van der Waals surface area contributed by atoms with Crippen LogP contribution in [0.3, 0.4) is 0 Å². The molecule has 198 valence electrons. The zero-order chi connectivity index (χ0) is 27.8. The van der Waals surface area contributed by atoms with Crippen molar-refractivity contribution in [3.05, 3.63) is 108 Å². The fourth-order valence-electron chi connectivity index (χ4n) is 3.31. The van der Waals surface area contributed by atoms with Gasteiger partial charge in [0, 0.05) is 17.2 Å². The van der Waals surface area contributed by atoms with Crippen molar-refractivity contribution in [2.45, 2.75) is 4.90 Å². The number of ether oxygens (including phenoxy) is 2. The number of anilines is 1. The number of methoxy groups -OCH3 is 2. The number of ketones is 1. The van der Waals surface area contributed by atoms with E-state index in [-0.39, 0.29) is 39.7 Å². The topological polar surface area (TPSA) is 152 Å². The second-order valence-corrected chi connectivity index (χ2v) is 9.52. The first-order chi connectivity index (χ1) is 18.8. The minimum atomic E-state index is -4.04. The Balaban J connectivity index is 1.61. The highest BCUT2D eigenvalue weighted by molar-refractivity contribution is 7.92. The zero-order valence-electron chi connectivity index (χ0n) is 20.8. The summed E-state index contributed by atoms with van der Waals surface area (Å²) in [4.78, 5) is 20.9. The SMILES string of the molecule is COc1cc(NS(=O)(=O)c2ccc(N=N/C(C(=O)c3ccccc3)=C(\O)c3ccccc3)cc2)nc(OC)n1. The molecule has 3 aromatic carbocycles. The van der Waals surface area contributed by atoms with Gasteiger partial charge in [-0.25, -0.2) is 8.42 Å². The van der Waals surface area contributed by atoms with E-state index in [2.05, 4.69) is 24.9 Å². The number of aliphatic hydroxyl groups is 1. The first-order valence-electron chi connectivity index (χ1n) is 11.4. The lowest BCUT2D eigenvalue weighted by atomic mass is 10.1. The summed E-state index contributed by atoms with van der Waals surface area (Å²) < 4.78 is 38.1. The smallest absolute Gasteiger partial charge is 0.321 e. The van der Waals surface area contributed by atoms with Crippen molar-refractivity contribution >= 4 is 33.1 Å². The van der Waals surface area contributed by atoms with Crippen LogP contribution >= 0.6 is 0 Å². The minimum Gasteiger partial charge on any atom is -0.505 e. The van der Waals surface area contributed by atoms with E-state index in [1.165, 1.54) is 44.6 Å². The summed E-state index contributed by atoms with van der Waals surface area (Å²) in [5.41, 5.74) is 0.691. The number of rotatable bonds is 10. The summed E-state index contributed by atoms with van der Waals surface area (Å²) in [6.45, 7) is 0. The predicted molar refractivity (Wildman–Crippen MR) is 144 cm³/mol. The van der Waals surface area contributed by atoms with Crippen LogP contribution in [0.15, 0.2) is 112 Å². The summed E-state index contributed by atoms with van der Waals surface area (Å²) in [6, 6.07) is 23.5. The van der Waals surface area contributed by atoms with Crippen LogP contribution in [0, 0.1) is 0 Å². The molecule has 0 aliphatic carbocycles. The normalized spacial score (nSPS) is 12.1. The minimum absolute atomic E-state index is 0.0481. The summed E-state index contributed by atoms with van der Waals surface area (Å²) in [5, 5.41) is 19.0. The van der Waals surface area contributed by atoms with E-state index >= 15 is 0 Å². The predicted octanol–water partition coefficient (Wildman–Crippen LogP) is 5.19. The number of sulfonamides is 1. The van der Waals surface area contributed by atoms with Crippen LogP contribution in [0.25, 0.3) is 5.76 Å². The molecule has 1 heterocycles. The molecular weight excluding hydrogens is 522 g/mol. The number of allylic oxidation sites excluding steroid dienone is 1. The van der Waals surface area contributed by atoms with Crippen LogP contribution in [0.4, 0.5) is 11.5 Å². The summed E-state index contributed by atoms with van der Waals surface area (Å²) in [5.74, 6) is -0.803. The monoisotopic (exact) mass is 545 g/mol. The quantitative estimate of drug-likeness (QED) is 0.120. The Morgan fingerprint density at radius 2 is 1.46 bits per heavy atom. The Kier molecular flexibility index (Phi) is 8.27. The second kappa shape index (κ2) is 12.0. The van der Waals surface area contributed by atoms with Crippen molar-refractivity contribution < 1.29 is 27.8 Å². The first kappa shape index (κ1) is 26.9. The molecule has 4 aromatic rings. The van der Waals surface area contributed by atoms with Gasteiger partial charge in [0.2, 0.25) is 11.7 Å². The molecule has 4 rings (SSSR count). The maximum Gasteiger partial charge on any atom is 0.321 e. The fraction of sp³-hybridized carbons (Fsp3) is 0.0741. The van der Waals surface area contributed by atoms with Crippen molar-refractivity contribution in [3.8, 4) is 11.9 Å². The number of carbonyl (C=O) groups excluding carboxylic acids is 1. The number of nitrogens with one attached hydrogen (secondary N) is 1. The zero-order valence-corrected chi connectivity index (χ0v) is 21.7. The molecule has 0 saturated carbocycles. The Morgan fingerprint density at radius 1 is 0.846 bits per heavy atom. The Labute approximate surface area is 224 Å². The number of hydrogen-bond donors (Lipinski definition) is 2. The van der Waals surface area contributed by atoms with Gasteiger partial charge in [-0.15, -0.1) is 5.11 Å². The van der Waals surface area contributed by atoms with Gasteiger partial charge in [-0.3, -0.25) is 9.52 Å². The number of nitrogens with zero attached hydrogens (tertiary/aromatic N) is 4. The van der Waals surface area contributed by atoms with Gasteiger partial charge in [-0.2, -0.15) is 15.1 Å². The van der Waals surface area contributed by atoms with Gasteiger partial charge >= 0.3 is 6.01 Å². The van der Waals surface area contributed by atoms with Crippen LogP contribution < -0.4 is 14.2 Å². The molecule has 11 nitrogen and oxygen atoms in total. The Morgan fingerprint density at radius 3 is 2.05 bits per heavy atom. The molecule has 0 atom stereocenters. The molecule has 39 heavy (non-hydrogen) atoms. The Bertz CT molecular complexity index is 1600. The maximum absolute atomic E-state index is 13.1. The van der Waals surface area contributed by atoms with Gasteiger partial charge < -0.3 is 14.6 Å². The van der Waals surface area contributed by atoms with E-state index in [1.54, 1.807) is 60.7 Å². The van der Waals surface area contributed by atoms with Crippen LogP contribution in [0.5, 0.6) is 11.9 Å². The van der Waals surface area contributed by atoms with Crippen molar-refractivity contribution in [1.29, 1.82) is 0 Å². The standard InChI is InChI=1S/C27H23N5O6S/c1-37-23-17-22(28-27(29-23)38-2)32-39(35,36)21-15-13-20(14-16-21)30-31-24(25(33)18-9-5-3-6-10-18)26(34)19-11-7-4-8-12-19/h3-17,33H,1-2H3,(H,28,29,32)/b25-24-,31-30?. The number of aromatic nitrogens is 2. The van der Waals surface area contributed by atoms with Gasteiger partial charge in [0.15, 0.2) is 17.3 Å². The molecule has 0 saturated heterocycles. The van der Waals surface area contributed by atoms with Crippen molar-refractivity contribution in [3.63, 3.8) is 0 Å². The summed E-state index contributed by atoms with van der Waals surface area (Å²) in [6.07, 6.45) is 0. The number of carbonyl (C=O) groups is 1. The van der Waals surface area contributed by atoms with Gasteiger partial charge in [-0.1, -0.05) is 60.7 Å². The van der Waals surface area contributed by atoms with E-state index in [1.807, 2.05) is 0 Å². The molecule has 0 unspecified atom stereocenters. The maximum atomic E-state index is 13.1. The van der Waals surface area contributed by atoms with Crippen LogP contribution in [-0.2, 0) is 10.0 Å². The summed E-state index contributed by atoms with van der Waals surface area (Å²) >= 11 is 0. The second-order valence-electron chi connectivity index (χ2n) is 7.84. The largest absolute Gasteiger partial charge is 0.505 e. The van der Waals surface area contributed by atoms with Crippen molar-refractivity contribution in [1.82, 2.24) is 9.97 Å². The third-order valence-corrected chi connectivity index (χ3v) is 6.62. The Hall–Kier alpha value is -5.10. The number of benzene rings is 3. The molecule has 1 aromatic heterocycles. The van der Waals surface area contributed by atoms with E-state index in [9.17, 15) is 18.3 Å². The van der Waals surface area contributed by atoms with Crippen molar-refractivity contribution in [2.75, 3.05) is 18.9 Å². The van der Waals surface area contributed by atoms with Gasteiger partial charge in [0.25, 0.3) is 10.0 Å². The molecule has 0 bridgehead atoms. The van der Waals surface area contributed by atoms with Gasteiger partial charge in [0.1, 0.15) is 0 Å². The third kappa shape index (κ3) is 6.62. The average molecular weight is 546 g/mol. The lowest BCUT2D eigenvalue weighted by Gasteiger charge is -2.09. The molecule has 0 radical (unpaired) electrons.